The molecule has 146 valence electrons. The first-order chi connectivity index (χ1) is 13.1. The number of nitrogens with one attached hydrogen (secondary N) is 1. The Balaban J connectivity index is 0. The van der Waals surface area contributed by atoms with E-state index in [-0.39, 0.29) is 6.04 Å². The summed E-state index contributed by atoms with van der Waals surface area (Å²) in [6, 6.07) is 7.21. The molecule has 4 heteroatoms. The van der Waals surface area contributed by atoms with Crippen LogP contribution in [0.3, 0.4) is 0 Å². The van der Waals surface area contributed by atoms with Crippen molar-refractivity contribution in [3.8, 4) is 12.8 Å². The highest BCUT2D eigenvalue weighted by Gasteiger charge is 2.20. The molecular weight excluding hydrogens is 338 g/mol. The predicted octanol–water partition coefficient (Wildman–Crippen LogP) is 4.74. The van der Waals surface area contributed by atoms with Crippen LogP contribution in [0.15, 0.2) is 55.1 Å². The van der Waals surface area contributed by atoms with Crippen LogP contribution in [0.5, 0.6) is 0 Å². The molecule has 1 aromatic carbocycles. The van der Waals surface area contributed by atoms with Crippen molar-refractivity contribution in [2.75, 3.05) is 6.54 Å². The molecule has 0 amide bonds. The highest BCUT2D eigenvalue weighted by molar-refractivity contribution is 5.79. The van der Waals surface area contributed by atoms with Crippen LogP contribution < -0.4 is 5.32 Å². The molecule has 27 heavy (non-hydrogen) atoms. The number of allylic oxidation sites excluding steroid dienone is 5. The van der Waals surface area contributed by atoms with E-state index < -0.39 is 5.97 Å². The van der Waals surface area contributed by atoms with Gasteiger partial charge in [-0.15, -0.1) is 12.8 Å². The van der Waals surface area contributed by atoms with Crippen molar-refractivity contribution in [3.63, 3.8) is 0 Å². The summed E-state index contributed by atoms with van der Waals surface area (Å²) >= 11 is 0. The van der Waals surface area contributed by atoms with Crippen LogP contribution in [0.4, 0.5) is 0 Å². The van der Waals surface area contributed by atoms with E-state index in [4.69, 9.17) is 5.11 Å². The van der Waals surface area contributed by atoms with Crippen molar-refractivity contribution in [2.45, 2.75) is 39.7 Å². The third-order valence-electron chi connectivity index (χ3n) is 3.38. The van der Waals surface area contributed by atoms with Crippen LogP contribution in [0.25, 0.3) is 5.57 Å². The molecular formula is C23H31NO3. The van der Waals surface area contributed by atoms with E-state index in [0.717, 1.165) is 36.8 Å². The Morgan fingerprint density at radius 2 is 1.85 bits per heavy atom. The van der Waals surface area contributed by atoms with Gasteiger partial charge < -0.3 is 10.4 Å². The standard InChI is InChI=1S/C14H14O.C5H9NO2.C2H6.C2H2/c1-3-5-13(6-4-2)14-9-7-12(11-15)8-10-14;7-5(8)4-2-1-3-6-4;2*1-2/h3-11H,1H2,2H3;4,6H,1-3H2,(H,7,8);1-2H3;1-2H/b6-4-,13-5+;;;/t;4-;;/m.0../s1. The number of aldehydes is 1. The summed E-state index contributed by atoms with van der Waals surface area (Å²) in [6.07, 6.45) is 18.3. The van der Waals surface area contributed by atoms with Gasteiger partial charge in [-0.1, -0.05) is 69.0 Å². The number of carbonyl (C=O) groups excluding carboxylic acids is 1. The normalized spacial score (nSPS) is 15.1. The van der Waals surface area contributed by atoms with Crippen molar-refractivity contribution >= 4 is 17.8 Å². The van der Waals surface area contributed by atoms with Crippen LogP contribution in [0.1, 0.15) is 49.5 Å². The van der Waals surface area contributed by atoms with E-state index in [1.54, 1.807) is 6.08 Å². The molecule has 1 aromatic rings. The average molecular weight is 370 g/mol. The van der Waals surface area contributed by atoms with Gasteiger partial charge >= 0.3 is 5.97 Å². The van der Waals surface area contributed by atoms with Crippen molar-refractivity contribution < 1.29 is 14.7 Å². The van der Waals surface area contributed by atoms with Gasteiger partial charge in [-0.2, -0.15) is 0 Å². The predicted molar refractivity (Wildman–Crippen MR) is 115 cm³/mol. The van der Waals surface area contributed by atoms with Crippen LogP contribution in [0.2, 0.25) is 0 Å². The molecule has 0 unspecified atom stereocenters. The van der Waals surface area contributed by atoms with Crippen molar-refractivity contribution in [1.29, 1.82) is 0 Å². The topological polar surface area (TPSA) is 66.4 Å². The van der Waals surface area contributed by atoms with Gasteiger partial charge in [0.2, 0.25) is 0 Å². The third kappa shape index (κ3) is 11.4. The lowest BCUT2D eigenvalue weighted by Crippen LogP contribution is -2.29. The number of rotatable bonds is 5. The first-order valence-corrected chi connectivity index (χ1v) is 8.93. The lowest BCUT2D eigenvalue weighted by Gasteiger charge is -2.01. The zero-order valence-electron chi connectivity index (χ0n) is 16.5. The van der Waals surface area contributed by atoms with Crippen LogP contribution in [0, 0.1) is 12.8 Å². The van der Waals surface area contributed by atoms with Gasteiger partial charge in [0, 0.05) is 5.56 Å². The summed E-state index contributed by atoms with van der Waals surface area (Å²) in [7, 11) is 0. The molecule has 0 bridgehead atoms. The molecule has 1 fully saturated rings. The Labute approximate surface area is 163 Å². The number of terminal acetylenes is 1. The molecule has 4 nitrogen and oxygen atoms in total. The molecule has 0 saturated carbocycles. The zero-order valence-corrected chi connectivity index (χ0v) is 16.5. The van der Waals surface area contributed by atoms with Gasteiger partial charge in [0.15, 0.2) is 0 Å². The fourth-order valence-electron chi connectivity index (χ4n) is 2.20. The quantitative estimate of drug-likeness (QED) is 0.447. The van der Waals surface area contributed by atoms with E-state index in [9.17, 15) is 9.59 Å². The summed E-state index contributed by atoms with van der Waals surface area (Å²) in [6.45, 7) is 10.5. The first kappa shape index (κ1) is 26.3. The summed E-state index contributed by atoms with van der Waals surface area (Å²) in [4.78, 5) is 20.6. The van der Waals surface area contributed by atoms with Gasteiger partial charge in [0.25, 0.3) is 0 Å². The number of carbonyl (C=O) groups is 2. The molecule has 1 heterocycles. The maximum Gasteiger partial charge on any atom is 0.320 e. The smallest absolute Gasteiger partial charge is 0.320 e. The van der Waals surface area contributed by atoms with Crippen molar-refractivity contribution in [1.82, 2.24) is 5.32 Å². The van der Waals surface area contributed by atoms with Gasteiger partial charge in [-0.25, -0.2) is 0 Å². The molecule has 0 aliphatic carbocycles. The molecule has 0 spiro atoms. The molecule has 1 aliphatic heterocycles. The fraction of sp³-hybridized carbons (Fsp3) is 0.304. The molecule has 2 rings (SSSR count). The maximum atomic E-state index is 10.5. The summed E-state index contributed by atoms with van der Waals surface area (Å²) in [5.74, 6) is -0.720. The van der Waals surface area contributed by atoms with E-state index in [1.165, 1.54) is 0 Å². The maximum absolute atomic E-state index is 10.5. The highest BCUT2D eigenvalue weighted by atomic mass is 16.4. The number of hydrogen-bond acceptors (Lipinski definition) is 3. The molecule has 0 aromatic heterocycles. The van der Waals surface area contributed by atoms with Crippen LogP contribution in [-0.4, -0.2) is 29.9 Å². The number of aliphatic carboxylic acids is 1. The molecule has 1 atom stereocenters. The van der Waals surface area contributed by atoms with Gasteiger partial charge in [0.05, 0.1) is 0 Å². The number of carboxylic acid groups (broad SMARTS) is 1. The van der Waals surface area contributed by atoms with Crippen molar-refractivity contribution in [3.05, 3.63) is 66.3 Å². The van der Waals surface area contributed by atoms with Gasteiger partial charge in [-0.05, 0) is 37.4 Å². The number of carboxylic acids is 1. The second-order valence-corrected chi connectivity index (χ2v) is 5.08. The van der Waals surface area contributed by atoms with E-state index in [2.05, 4.69) is 24.7 Å². The zero-order chi connectivity index (χ0) is 21.1. The second kappa shape index (κ2) is 17.9. The third-order valence-corrected chi connectivity index (χ3v) is 3.38. The molecule has 2 N–H and O–H groups in total. The fourth-order valence-corrected chi connectivity index (χ4v) is 2.20. The Hall–Kier alpha value is -2.90. The van der Waals surface area contributed by atoms with E-state index >= 15 is 0 Å². The monoisotopic (exact) mass is 369 g/mol. The number of hydrogen-bond donors (Lipinski definition) is 2. The Morgan fingerprint density at radius 3 is 2.19 bits per heavy atom. The number of benzene rings is 1. The van der Waals surface area contributed by atoms with Gasteiger partial charge in [0.1, 0.15) is 12.3 Å². The Kier molecular flexibility index (Phi) is 17.5. The first-order valence-electron chi connectivity index (χ1n) is 8.93. The Morgan fingerprint density at radius 1 is 1.26 bits per heavy atom. The average Bonchev–Trinajstić information content (AvgIpc) is 3.27. The van der Waals surface area contributed by atoms with E-state index in [0.29, 0.717) is 5.56 Å². The largest absolute Gasteiger partial charge is 0.480 e. The molecule has 1 aliphatic rings. The van der Waals surface area contributed by atoms with Crippen LogP contribution in [-0.2, 0) is 4.79 Å². The SMILES string of the molecule is C#C.C=C/C=C(\C=C/C)c1ccc(C=O)cc1.CC.O=C(O)[C@@H]1CCCN1. The summed E-state index contributed by atoms with van der Waals surface area (Å²) < 4.78 is 0. The van der Waals surface area contributed by atoms with Crippen molar-refractivity contribution in [2.24, 2.45) is 0 Å². The highest BCUT2D eigenvalue weighted by Crippen LogP contribution is 2.16. The Bertz CT molecular complexity index is 619. The lowest BCUT2D eigenvalue weighted by atomic mass is 10.0. The molecule has 1 saturated heterocycles. The minimum atomic E-state index is -0.720. The summed E-state index contributed by atoms with van der Waals surface area (Å²) in [5, 5.41) is 11.2. The molecule has 0 radical (unpaired) electrons. The van der Waals surface area contributed by atoms with Crippen LogP contribution >= 0.6 is 0 Å². The van der Waals surface area contributed by atoms with Gasteiger partial charge in [-0.3, -0.25) is 9.59 Å². The summed E-state index contributed by atoms with van der Waals surface area (Å²) in [5.41, 5.74) is 2.86. The lowest BCUT2D eigenvalue weighted by molar-refractivity contribution is -0.139. The minimum Gasteiger partial charge on any atom is -0.480 e. The minimum absolute atomic E-state index is 0.269. The second-order valence-electron chi connectivity index (χ2n) is 5.08. The van der Waals surface area contributed by atoms with E-state index in [1.807, 2.05) is 63.3 Å².